The van der Waals surface area contributed by atoms with Gasteiger partial charge in [0, 0.05) is 25.5 Å². The number of fused-ring (bicyclic) bond motifs is 1. The van der Waals surface area contributed by atoms with Crippen LogP contribution in [0.15, 0.2) is 60.8 Å². The predicted molar refractivity (Wildman–Crippen MR) is 115 cm³/mol. The van der Waals surface area contributed by atoms with E-state index in [2.05, 4.69) is 20.7 Å². The molecular weight excluding hydrogens is 362 g/mol. The number of amides is 1. The molecule has 6 nitrogen and oxygen atoms in total. The van der Waals surface area contributed by atoms with E-state index in [1.807, 2.05) is 75.5 Å². The fraction of sp³-hybridized carbons (Fsp3) is 0.174. The number of carbonyl (C=O) groups is 1. The average molecular weight is 385 g/mol. The molecule has 0 aliphatic rings. The third-order valence-electron chi connectivity index (χ3n) is 4.89. The van der Waals surface area contributed by atoms with Crippen LogP contribution in [0.2, 0.25) is 0 Å². The van der Waals surface area contributed by atoms with Gasteiger partial charge >= 0.3 is 0 Å². The van der Waals surface area contributed by atoms with Crippen molar-refractivity contribution in [2.75, 3.05) is 5.32 Å². The summed E-state index contributed by atoms with van der Waals surface area (Å²) < 4.78 is 1.73. The number of nitrogens with zero attached hydrogens (tertiary/aromatic N) is 3. The number of anilines is 2. The molecule has 0 saturated heterocycles. The van der Waals surface area contributed by atoms with Gasteiger partial charge in [-0.25, -0.2) is 4.98 Å². The molecule has 0 fully saturated rings. The van der Waals surface area contributed by atoms with Gasteiger partial charge in [-0.1, -0.05) is 48.0 Å². The standard InChI is InChI=1S/C23H23N5O/c1-15-9-11-18(12-10-15)26-21-19(14-24-22-20(21)16(2)27-28(22)3)23(29)25-13-17-7-5-4-6-8-17/h4-12,14H,13H2,1-3H3,(H,24,26)(H,25,29). The van der Waals surface area contributed by atoms with E-state index < -0.39 is 0 Å². The molecule has 0 aliphatic carbocycles. The summed E-state index contributed by atoms with van der Waals surface area (Å²) in [6.45, 7) is 4.42. The molecule has 0 unspecified atom stereocenters. The van der Waals surface area contributed by atoms with Crippen LogP contribution >= 0.6 is 0 Å². The topological polar surface area (TPSA) is 71.8 Å². The molecule has 2 aromatic heterocycles. The van der Waals surface area contributed by atoms with E-state index in [4.69, 9.17) is 0 Å². The molecule has 1 amide bonds. The first-order valence-corrected chi connectivity index (χ1v) is 9.51. The Labute approximate surface area is 169 Å². The zero-order valence-corrected chi connectivity index (χ0v) is 16.7. The highest BCUT2D eigenvalue weighted by Gasteiger charge is 2.20. The molecule has 6 heteroatoms. The molecule has 146 valence electrons. The fourth-order valence-electron chi connectivity index (χ4n) is 3.37. The summed E-state index contributed by atoms with van der Waals surface area (Å²) in [5.41, 5.74) is 5.89. The number of carbonyl (C=O) groups excluding carboxylic acids is 1. The van der Waals surface area contributed by atoms with Gasteiger partial charge in [0.1, 0.15) is 0 Å². The maximum atomic E-state index is 13.0. The number of rotatable bonds is 5. The van der Waals surface area contributed by atoms with Gasteiger partial charge in [0.25, 0.3) is 5.91 Å². The molecule has 2 aromatic carbocycles. The minimum Gasteiger partial charge on any atom is -0.354 e. The van der Waals surface area contributed by atoms with E-state index in [1.165, 1.54) is 5.56 Å². The summed E-state index contributed by atoms with van der Waals surface area (Å²) in [4.78, 5) is 17.5. The van der Waals surface area contributed by atoms with Crippen molar-refractivity contribution in [2.24, 2.45) is 7.05 Å². The summed E-state index contributed by atoms with van der Waals surface area (Å²) in [7, 11) is 1.85. The first-order chi connectivity index (χ1) is 14.0. The van der Waals surface area contributed by atoms with Gasteiger partial charge in [0.15, 0.2) is 5.65 Å². The third-order valence-corrected chi connectivity index (χ3v) is 4.89. The molecule has 0 radical (unpaired) electrons. The van der Waals surface area contributed by atoms with E-state index in [1.54, 1.807) is 10.9 Å². The monoisotopic (exact) mass is 385 g/mol. The zero-order valence-electron chi connectivity index (χ0n) is 16.7. The molecule has 0 bridgehead atoms. The minimum atomic E-state index is -0.180. The first-order valence-electron chi connectivity index (χ1n) is 9.51. The molecule has 4 aromatic rings. The van der Waals surface area contributed by atoms with Crippen molar-refractivity contribution in [1.82, 2.24) is 20.1 Å². The van der Waals surface area contributed by atoms with E-state index in [-0.39, 0.29) is 5.91 Å². The van der Waals surface area contributed by atoms with E-state index in [0.29, 0.717) is 12.1 Å². The molecule has 0 aliphatic heterocycles. The smallest absolute Gasteiger partial charge is 0.255 e. The van der Waals surface area contributed by atoms with Gasteiger partial charge in [-0.05, 0) is 31.5 Å². The van der Waals surface area contributed by atoms with Gasteiger partial charge in [0.2, 0.25) is 0 Å². The summed E-state index contributed by atoms with van der Waals surface area (Å²) in [5, 5.41) is 11.7. The summed E-state index contributed by atoms with van der Waals surface area (Å²) in [5.74, 6) is -0.180. The Morgan fingerprint density at radius 2 is 1.76 bits per heavy atom. The third kappa shape index (κ3) is 3.82. The van der Waals surface area contributed by atoms with Crippen molar-refractivity contribution in [1.29, 1.82) is 0 Å². The zero-order chi connectivity index (χ0) is 20.4. The highest BCUT2D eigenvalue weighted by Crippen LogP contribution is 2.31. The second-order valence-electron chi connectivity index (χ2n) is 7.11. The lowest BCUT2D eigenvalue weighted by Crippen LogP contribution is -2.24. The van der Waals surface area contributed by atoms with Crippen molar-refractivity contribution >= 4 is 28.3 Å². The lowest BCUT2D eigenvalue weighted by Gasteiger charge is -2.14. The lowest BCUT2D eigenvalue weighted by molar-refractivity contribution is 0.0951. The quantitative estimate of drug-likeness (QED) is 0.538. The summed E-state index contributed by atoms with van der Waals surface area (Å²) in [6, 6.07) is 17.9. The van der Waals surface area contributed by atoms with Gasteiger partial charge in [-0.2, -0.15) is 5.10 Å². The molecule has 2 N–H and O–H groups in total. The van der Waals surface area contributed by atoms with Gasteiger partial charge < -0.3 is 10.6 Å². The number of pyridine rings is 1. The van der Waals surface area contributed by atoms with Crippen LogP contribution in [0, 0.1) is 13.8 Å². The van der Waals surface area contributed by atoms with Gasteiger partial charge in [-0.3, -0.25) is 9.48 Å². The molecule has 29 heavy (non-hydrogen) atoms. The van der Waals surface area contributed by atoms with Crippen LogP contribution in [-0.4, -0.2) is 20.7 Å². The number of hydrogen-bond donors (Lipinski definition) is 2. The molecule has 0 spiro atoms. The van der Waals surface area contributed by atoms with Crippen LogP contribution in [0.25, 0.3) is 11.0 Å². The molecule has 2 heterocycles. The average Bonchev–Trinajstić information content (AvgIpc) is 3.03. The molecule has 0 saturated carbocycles. The summed E-state index contributed by atoms with van der Waals surface area (Å²) in [6.07, 6.45) is 1.61. The number of nitrogens with one attached hydrogen (secondary N) is 2. The minimum absolute atomic E-state index is 0.180. The molecular formula is C23H23N5O. The first kappa shape index (κ1) is 18.7. The Kier molecular flexibility index (Phi) is 4.99. The molecule has 0 atom stereocenters. The Balaban J connectivity index is 1.73. The fourth-order valence-corrected chi connectivity index (χ4v) is 3.37. The number of aryl methyl sites for hydroxylation is 3. The lowest BCUT2D eigenvalue weighted by atomic mass is 10.1. The van der Waals surface area contributed by atoms with Crippen LogP contribution in [0.5, 0.6) is 0 Å². The maximum absolute atomic E-state index is 13.0. The van der Waals surface area contributed by atoms with E-state index >= 15 is 0 Å². The van der Waals surface area contributed by atoms with E-state index in [9.17, 15) is 4.79 Å². The van der Waals surface area contributed by atoms with Gasteiger partial charge in [-0.15, -0.1) is 0 Å². The number of hydrogen-bond acceptors (Lipinski definition) is 4. The maximum Gasteiger partial charge on any atom is 0.255 e. The highest BCUT2D eigenvalue weighted by atomic mass is 16.1. The SMILES string of the molecule is Cc1ccc(Nc2c(C(=O)NCc3ccccc3)cnc3c2c(C)nn3C)cc1. The van der Waals surface area contributed by atoms with Gasteiger partial charge in [0.05, 0.1) is 22.3 Å². The van der Waals surface area contributed by atoms with Crippen LogP contribution in [0.3, 0.4) is 0 Å². The Hall–Kier alpha value is -3.67. The van der Waals surface area contributed by atoms with Crippen LogP contribution in [0.4, 0.5) is 11.4 Å². The Bertz CT molecular complexity index is 1160. The van der Waals surface area contributed by atoms with Crippen molar-refractivity contribution in [2.45, 2.75) is 20.4 Å². The second-order valence-corrected chi connectivity index (χ2v) is 7.11. The normalized spacial score (nSPS) is 10.9. The Morgan fingerprint density at radius 3 is 2.48 bits per heavy atom. The number of aromatic nitrogens is 3. The summed E-state index contributed by atoms with van der Waals surface area (Å²) >= 11 is 0. The number of benzene rings is 2. The predicted octanol–water partition coefficient (Wildman–Crippen LogP) is 4.26. The van der Waals surface area contributed by atoms with E-state index in [0.717, 1.165) is 33.7 Å². The molecule has 4 rings (SSSR count). The van der Waals surface area contributed by atoms with Crippen molar-refractivity contribution < 1.29 is 4.79 Å². The van der Waals surface area contributed by atoms with Crippen LogP contribution in [-0.2, 0) is 13.6 Å². The van der Waals surface area contributed by atoms with Crippen LogP contribution < -0.4 is 10.6 Å². The highest BCUT2D eigenvalue weighted by molar-refractivity contribution is 6.08. The second kappa shape index (κ2) is 7.75. The van der Waals surface area contributed by atoms with Crippen LogP contribution in [0.1, 0.15) is 27.2 Å². The largest absolute Gasteiger partial charge is 0.354 e. The Morgan fingerprint density at radius 1 is 1.03 bits per heavy atom. The van der Waals surface area contributed by atoms with Crippen molar-refractivity contribution in [3.63, 3.8) is 0 Å². The van der Waals surface area contributed by atoms with Crippen molar-refractivity contribution in [3.05, 3.63) is 83.2 Å². The van der Waals surface area contributed by atoms with Crippen molar-refractivity contribution in [3.8, 4) is 0 Å².